The van der Waals surface area contributed by atoms with Crippen LogP contribution in [0.15, 0.2) is 24.3 Å². The summed E-state index contributed by atoms with van der Waals surface area (Å²) in [6.07, 6.45) is 0.949. The Labute approximate surface area is 139 Å². The van der Waals surface area contributed by atoms with E-state index in [1.54, 1.807) is 12.1 Å². The van der Waals surface area contributed by atoms with Gasteiger partial charge in [-0.1, -0.05) is 13.8 Å². The monoisotopic (exact) mass is 336 g/mol. The zero-order valence-corrected chi connectivity index (χ0v) is 14.4. The zero-order chi connectivity index (χ0) is 16.8. The highest BCUT2D eigenvalue weighted by molar-refractivity contribution is 7.13. The summed E-state index contributed by atoms with van der Waals surface area (Å²) in [5.41, 5.74) is 0.703. The third-order valence-corrected chi connectivity index (χ3v) is 4.36. The molecular weight excluding hydrogens is 315 g/mol. The van der Waals surface area contributed by atoms with Gasteiger partial charge in [0.15, 0.2) is 0 Å². The molecule has 0 saturated carbocycles. The maximum Gasteiger partial charge on any atom is 0.263 e. The van der Waals surface area contributed by atoms with Gasteiger partial charge in [-0.3, -0.25) is 4.79 Å². The Balaban J connectivity index is 1.92. The molecule has 23 heavy (non-hydrogen) atoms. The SMILES string of the molecule is Cc1nc(COc2ccc(F)cc2)sc1C(=O)NCCC(C)C. The number of carbonyl (C=O) groups is 1. The predicted molar refractivity (Wildman–Crippen MR) is 89.4 cm³/mol. The number of carbonyl (C=O) groups excluding carboxylic acids is 1. The summed E-state index contributed by atoms with van der Waals surface area (Å²) >= 11 is 1.33. The standard InChI is InChI=1S/C17H21FN2O2S/c1-11(2)8-9-19-17(21)16-12(3)20-15(23-16)10-22-14-6-4-13(18)5-7-14/h4-7,11H,8-10H2,1-3H3,(H,19,21). The normalized spacial score (nSPS) is 10.8. The summed E-state index contributed by atoms with van der Waals surface area (Å²) in [6, 6.07) is 5.82. The van der Waals surface area contributed by atoms with Gasteiger partial charge in [0.05, 0.1) is 5.69 Å². The van der Waals surface area contributed by atoms with E-state index in [0.717, 1.165) is 11.4 Å². The fourth-order valence-electron chi connectivity index (χ4n) is 1.96. The molecule has 2 aromatic rings. The van der Waals surface area contributed by atoms with Crippen molar-refractivity contribution in [1.29, 1.82) is 0 Å². The first-order chi connectivity index (χ1) is 11.0. The topological polar surface area (TPSA) is 51.2 Å². The molecule has 1 heterocycles. The maximum atomic E-state index is 12.8. The summed E-state index contributed by atoms with van der Waals surface area (Å²) < 4.78 is 18.4. The number of rotatable bonds is 7. The highest BCUT2D eigenvalue weighted by atomic mass is 32.1. The van der Waals surface area contributed by atoms with Crippen molar-refractivity contribution < 1.29 is 13.9 Å². The van der Waals surface area contributed by atoms with Crippen molar-refractivity contribution >= 4 is 17.2 Å². The van der Waals surface area contributed by atoms with E-state index in [9.17, 15) is 9.18 Å². The Morgan fingerprint density at radius 2 is 2.04 bits per heavy atom. The van der Waals surface area contributed by atoms with Gasteiger partial charge in [-0.2, -0.15) is 0 Å². The number of nitrogens with one attached hydrogen (secondary N) is 1. The molecule has 6 heteroatoms. The summed E-state index contributed by atoms with van der Waals surface area (Å²) in [4.78, 5) is 17.1. The third kappa shape index (κ3) is 5.32. The molecule has 2 rings (SSSR count). The van der Waals surface area contributed by atoms with Gasteiger partial charge >= 0.3 is 0 Å². The van der Waals surface area contributed by atoms with Gasteiger partial charge in [-0.15, -0.1) is 11.3 Å². The van der Waals surface area contributed by atoms with Gasteiger partial charge in [0.2, 0.25) is 0 Å². The highest BCUT2D eigenvalue weighted by Crippen LogP contribution is 2.20. The van der Waals surface area contributed by atoms with Crippen LogP contribution in [-0.4, -0.2) is 17.4 Å². The second-order valence-electron chi connectivity index (χ2n) is 5.70. The van der Waals surface area contributed by atoms with Gasteiger partial charge < -0.3 is 10.1 Å². The second-order valence-corrected chi connectivity index (χ2v) is 6.79. The van der Waals surface area contributed by atoms with Crippen LogP contribution in [0.2, 0.25) is 0 Å². The summed E-state index contributed by atoms with van der Waals surface area (Å²) in [5.74, 6) is 0.733. The van der Waals surface area contributed by atoms with Crippen LogP contribution in [0.4, 0.5) is 4.39 Å². The molecule has 0 aliphatic rings. The lowest BCUT2D eigenvalue weighted by molar-refractivity contribution is 0.0955. The van der Waals surface area contributed by atoms with Gasteiger partial charge in [0.25, 0.3) is 5.91 Å². The minimum atomic E-state index is -0.303. The molecule has 1 aromatic heterocycles. The van der Waals surface area contributed by atoms with E-state index in [0.29, 0.717) is 28.8 Å². The molecule has 0 fully saturated rings. The van der Waals surface area contributed by atoms with E-state index in [1.165, 1.54) is 23.5 Å². The van der Waals surface area contributed by atoms with E-state index < -0.39 is 0 Å². The van der Waals surface area contributed by atoms with E-state index in [-0.39, 0.29) is 18.3 Å². The molecule has 0 aliphatic carbocycles. The minimum Gasteiger partial charge on any atom is -0.486 e. The number of halogens is 1. The van der Waals surface area contributed by atoms with E-state index >= 15 is 0 Å². The average molecular weight is 336 g/mol. The Hall–Kier alpha value is -1.95. The van der Waals surface area contributed by atoms with Crippen LogP contribution in [0, 0.1) is 18.7 Å². The molecule has 0 aliphatic heterocycles. The lowest BCUT2D eigenvalue weighted by Gasteiger charge is -2.06. The van der Waals surface area contributed by atoms with Crippen LogP contribution < -0.4 is 10.1 Å². The minimum absolute atomic E-state index is 0.0892. The Bertz CT molecular complexity index is 653. The number of nitrogens with zero attached hydrogens (tertiary/aromatic N) is 1. The quantitative estimate of drug-likeness (QED) is 0.833. The number of aromatic nitrogens is 1. The number of aryl methyl sites for hydroxylation is 1. The fraction of sp³-hybridized carbons (Fsp3) is 0.412. The van der Waals surface area contributed by atoms with Crippen molar-refractivity contribution in [1.82, 2.24) is 10.3 Å². The van der Waals surface area contributed by atoms with Crippen LogP contribution in [-0.2, 0) is 6.61 Å². The van der Waals surface area contributed by atoms with Crippen LogP contribution in [0.3, 0.4) is 0 Å². The van der Waals surface area contributed by atoms with Gasteiger partial charge in [0, 0.05) is 6.54 Å². The van der Waals surface area contributed by atoms with Gasteiger partial charge in [-0.05, 0) is 43.5 Å². The van der Waals surface area contributed by atoms with E-state index in [4.69, 9.17) is 4.74 Å². The van der Waals surface area contributed by atoms with Crippen LogP contribution in [0.5, 0.6) is 5.75 Å². The number of thiazole rings is 1. The second kappa shape index (κ2) is 8.06. The molecule has 124 valence electrons. The molecule has 0 atom stereocenters. The first-order valence-corrected chi connectivity index (χ1v) is 8.40. The van der Waals surface area contributed by atoms with Crippen LogP contribution in [0.25, 0.3) is 0 Å². The first-order valence-electron chi connectivity index (χ1n) is 7.58. The van der Waals surface area contributed by atoms with Crippen LogP contribution >= 0.6 is 11.3 Å². The van der Waals surface area contributed by atoms with Gasteiger partial charge in [0.1, 0.15) is 28.1 Å². The van der Waals surface area contributed by atoms with Crippen LogP contribution in [0.1, 0.15) is 40.6 Å². The Morgan fingerprint density at radius 3 is 2.70 bits per heavy atom. The molecule has 0 spiro atoms. The number of hydrogen-bond acceptors (Lipinski definition) is 4. The zero-order valence-electron chi connectivity index (χ0n) is 13.6. The van der Waals surface area contributed by atoms with Crippen molar-refractivity contribution in [3.8, 4) is 5.75 Å². The number of hydrogen-bond donors (Lipinski definition) is 1. The third-order valence-electron chi connectivity index (χ3n) is 3.23. The largest absolute Gasteiger partial charge is 0.486 e. The van der Waals surface area contributed by atoms with Crippen molar-refractivity contribution in [3.05, 3.63) is 45.7 Å². The molecule has 1 amide bonds. The molecule has 0 unspecified atom stereocenters. The van der Waals surface area contributed by atoms with E-state index in [1.807, 2.05) is 6.92 Å². The molecule has 1 aromatic carbocycles. The highest BCUT2D eigenvalue weighted by Gasteiger charge is 2.15. The molecular formula is C17H21FN2O2S. The molecule has 0 bridgehead atoms. The fourth-order valence-corrected chi connectivity index (χ4v) is 2.85. The summed E-state index contributed by atoms with van der Waals surface area (Å²) in [7, 11) is 0. The number of ether oxygens (including phenoxy) is 1. The van der Waals surface area contributed by atoms with Crippen molar-refractivity contribution in [3.63, 3.8) is 0 Å². The van der Waals surface area contributed by atoms with Gasteiger partial charge in [-0.25, -0.2) is 9.37 Å². The Kier molecular flexibility index (Phi) is 6.10. The maximum absolute atomic E-state index is 12.8. The Morgan fingerprint density at radius 1 is 1.35 bits per heavy atom. The smallest absolute Gasteiger partial charge is 0.263 e. The lowest BCUT2D eigenvalue weighted by Crippen LogP contribution is -2.25. The molecule has 0 radical (unpaired) electrons. The predicted octanol–water partition coefficient (Wildman–Crippen LogP) is 3.95. The number of benzene rings is 1. The molecule has 1 N–H and O–H groups in total. The molecule has 0 saturated heterocycles. The van der Waals surface area contributed by atoms with Crippen molar-refractivity contribution in [2.75, 3.05) is 6.54 Å². The molecule has 4 nitrogen and oxygen atoms in total. The lowest BCUT2D eigenvalue weighted by atomic mass is 10.1. The first kappa shape index (κ1) is 17.4. The average Bonchev–Trinajstić information content (AvgIpc) is 2.87. The summed E-state index contributed by atoms with van der Waals surface area (Å²) in [6.45, 7) is 6.98. The van der Waals surface area contributed by atoms with Crippen molar-refractivity contribution in [2.45, 2.75) is 33.8 Å². The summed E-state index contributed by atoms with van der Waals surface area (Å²) in [5, 5.41) is 3.64. The van der Waals surface area contributed by atoms with E-state index in [2.05, 4.69) is 24.1 Å². The van der Waals surface area contributed by atoms with Crippen molar-refractivity contribution in [2.24, 2.45) is 5.92 Å². The number of amides is 1.